The lowest BCUT2D eigenvalue weighted by Crippen LogP contribution is -2.44. The molecule has 3 rings (SSSR count). The van der Waals surface area contributed by atoms with Crippen molar-refractivity contribution in [3.8, 4) is 5.75 Å². The van der Waals surface area contributed by atoms with Crippen molar-refractivity contribution >= 4 is 17.7 Å². The first-order valence-corrected chi connectivity index (χ1v) is 11.2. The second-order valence-electron chi connectivity index (χ2n) is 7.22. The molecule has 0 bridgehead atoms. The normalized spacial score (nSPS) is 15.7. The fraction of sp³-hybridized carbons (Fsp3) is 0.435. The molecule has 1 unspecified atom stereocenters. The molecule has 6 heteroatoms. The molecule has 2 aromatic rings. The Balaban J connectivity index is 1.53. The fourth-order valence-corrected chi connectivity index (χ4v) is 4.30. The van der Waals surface area contributed by atoms with E-state index in [-0.39, 0.29) is 11.9 Å². The number of hydrogen-bond acceptors (Lipinski definition) is 5. The maximum absolute atomic E-state index is 12.4. The van der Waals surface area contributed by atoms with E-state index >= 15 is 0 Å². The van der Waals surface area contributed by atoms with Crippen LogP contribution >= 0.6 is 11.8 Å². The number of hydrogen-bond donors (Lipinski definition) is 1. The summed E-state index contributed by atoms with van der Waals surface area (Å²) in [6.45, 7) is 5.88. The SMILES string of the molecule is COc1ccc(C(CNC(=O)CSCc2cccc(C)c2)N2CCOCC2)cc1. The van der Waals surface area contributed by atoms with E-state index in [0.29, 0.717) is 12.3 Å². The molecule has 0 spiro atoms. The minimum Gasteiger partial charge on any atom is -0.497 e. The minimum absolute atomic E-state index is 0.0782. The zero-order chi connectivity index (χ0) is 20.5. The number of amides is 1. The van der Waals surface area contributed by atoms with Gasteiger partial charge in [-0.3, -0.25) is 9.69 Å². The smallest absolute Gasteiger partial charge is 0.230 e. The van der Waals surface area contributed by atoms with Crippen molar-refractivity contribution < 1.29 is 14.3 Å². The van der Waals surface area contributed by atoms with E-state index in [0.717, 1.165) is 37.8 Å². The molecule has 1 amide bonds. The van der Waals surface area contributed by atoms with Crippen LogP contribution in [0.4, 0.5) is 0 Å². The number of nitrogens with zero attached hydrogens (tertiary/aromatic N) is 1. The van der Waals surface area contributed by atoms with Crippen LogP contribution in [0, 0.1) is 6.92 Å². The minimum atomic E-state index is 0.0782. The van der Waals surface area contributed by atoms with E-state index in [1.165, 1.54) is 16.7 Å². The van der Waals surface area contributed by atoms with Crippen LogP contribution in [0.3, 0.4) is 0 Å². The number of thioether (sulfide) groups is 1. The molecule has 1 N–H and O–H groups in total. The van der Waals surface area contributed by atoms with Gasteiger partial charge in [-0.1, -0.05) is 42.0 Å². The highest BCUT2D eigenvalue weighted by atomic mass is 32.2. The molecule has 1 heterocycles. The first-order valence-electron chi connectivity index (χ1n) is 10.0. The number of aryl methyl sites for hydroxylation is 1. The zero-order valence-electron chi connectivity index (χ0n) is 17.2. The molecule has 5 nitrogen and oxygen atoms in total. The van der Waals surface area contributed by atoms with Crippen molar-refractivity contribution in [1.82, 2.24) is 10.2 Å². The third-order valence-corrected chi connectivity index (χ3v) is 6.07. The zero-order valence-corrected chi connectivity index (χ0v) is 18.0. The topological polar surface area (TPSA) is 50.8 Å². The molecule has 1 saturated heterocycles. The quantitative estimate of drug-likeness (QED) is 0.681. The maximum Gasteiger partial charge on any atom is 0.230 e. The predicted molar refractivity (Wildman–Crippen MR) is 118 cm³/mol. The average molecular weight is 415 g/mol. The van der Waals surface area contributed by atoms with Crippen LogP contribution in [0.5, 0.6) is 5.75 Å². The van der Waals surface area contributed by atoms with Crippen molar-refractivity contribution in [3.63, 3.8) is 0 Å². The molecule has 0 aliphatic carbocycles. The van der Waals surface area contributed by atoms with Crippen molar-refractivity contribution in [1.29, 1.82) is 0 Å². The van der Waals surface area contributed by atoms with Crippen LogP contribution < -0.4 is 10.1 Å². The van der Waals surface area contributed by atoms with Gasteiger partial charge >= 0.3 is 0 Å². The second-order valence-corrected chi connectivity index (χ2v) is 8.21. The third-order valence-electron chi connectivity index (χ3n) is 5.06. The largest absolute Gasteiger partial charge is 0.497 e. The fourth-order valence-electron chi connectivity index (χ4n) is 3.50. The number of rotatable bonds is 9. The molecule has 0 radical (unpaired) electrons. The molecule has 29 heavy (non-hydrogen) atoms. The van der Waals surface area contributed by atoms with Crippen molar-refractivity contribution in [2.24, 2.45) is 0 Å². The third kappa shape index (κ3) is 6.77. The summed E-state index contributed by atoms with van der Waals surface area (Å²) in [5.74, 6) is 2.23. The summed E-state index contributed by atoms with van der Waals surface area (Å²) < 4.78 is 10.8. The van der Waals surface area contributed by atoms with Gasteiger partial charge in [-0.15, -0.1) is 11.8 Å². The Morgan fingerprint density at radius 1 is 1.21 bits per heavy atom. The van der Waals surface area contributed by atoms with Gasteiger partial charge in [0.05, 0.1) is 32.1 Å². The number of methoxy groups -OCH3 is 1. The Labute approximate surface area is 177 Å². The van der Waals surface area contributed by atoms with E-state index in [1.807, 2.05) is 12.1 Å². The second kappa shape index (κ2) is 11.2. The number of carbonyl (C=O) groups is 1. The van der Waals surface area contributed by atoms with Gasteiger partial charge in [-0.2, -0.15) is 0 Å². The highest BCUT2D eigenvalue weighted by Crippen LogP contribution is 2.24. The molecule has 1 atom stereocenters. The number of carbonyl (C=O) groups excluding carboxylic acids is 1. The van der Waals surface area contributed by atoms with Crippen LogP contribution in [0.15, 0.2) is 48.5 Å². The van der Waals surface area contributed by atoms with Gasteiger partial charge in [0.1, 0.15) is 5.75 Å². The Bertz CT molecular complexity index is 776. The number of ether oxygens (including phenoxy) is 2. The van der Waals surface area contributed by atoms with Gasteiger partial charge in [-0.05, 0) is 30.2 Å². The van der Waals surface area contributed by atoms with Crippen LogP contribution in [-0.4, -0.2) is 56.5 Å². The van der Waals surface area contributed by atoms with E-state index in [9.17, 15) is 4.79 Å². The summed E-state index contributed by atoms with van der Waals surface area (Å²) in [6, 6.07) is 16.7. The van der Waals surface area contributed by atoms with Gasteiger partial charge in [0, 0.05) is 25.4 Å². The number of benzene rings is 2. The predicted octanol–water partition coefficient (Wildman–Crippen LogP) is 3.43. The van der Waals surface area contributed by atoms with Gasteiger partial charge in [-0.25, -0.2) is 0 Å². The van der Waals surface area contributed by atoms with Crippen LogP contribution in [0.2, 0.25) is 0 Å². The molecule has 0 saturated carbocycles. The van der Waals surface area contributed by atoms with E-state index in [4.69, 9.17) is 9.47 Å². The molecular formula is C23H30N2O3S. The van der Waals surface area contributed by atoms with Crippen LogP contribution in [-0.2, 0) is 15.3 Å². The summed E-state index contributed by atoms with van der Waals surface area (Å²) in [5.41, 5.74) is 3.69. The van der Waals surface area contributed by atoms with Crippen molar-refractivity contribution in [2.75, 3.05) is 45.7 Å². The Morgan fingerprint density at radius 2 is 1.97 bits per heavy atom. The number of morpholine rings is 1. The summed E-state index contributed by atoms with van der Waals surface area (Å²) >= 11 is 1.65. The first kappa shape index (κ1) is 21.7. The molecule has 2 aromatic carbocycles. The molecule has 0 aromatic heterocycles. The van der Waals surface area contributed by atoms with E-state index in [1.54, 1.807) is 18.9 Å². The van der Waals surface area contributed by atoms with Gasteiger partial charge in [0.2, 0.25) is 5.91 Å². The summed E-state index contributed by atoms with van der Waals surface area (Å²) in [6.07, 6.45) is 0. The Hall–Kier alpha value is -2.02. The average Bonchev–Trinajstić information content (AvgIpc) is 2.75. The van der Waals surface area contributed by atoms with Crippen molar-refractivity contribution in [3.05, 3.63) is 65.2 Å². The number of nitrogens with one attached hydrogen (secondary N) is 1. The summed E-state index contributed by atoms with van der Waals surface area (Å²) in [5, 5.41) is 3.13. The molecular weight excluding hydrogens is 384 g/mol. The van der Waals surface area contributed by atoms with E-state index < -0.39 is 0 Å². The lowest BCUT2D eigenvalue weighted by atomic mass is 10.0. The van der Waals surface area contributed by atoms with Gasteiger partial charge in [0.25, 0.3) is 0 Å². The van der Waals surface area contributed by atoms with E-state index in [2.05, 4.69) is 53.5 Å². The van der Waals surface area contributed by atoms with Crippen molar-refractivity contribution in [2.45, 2.75) is 18.7 Å². The highest BCUT2D eigenvalue weighted by molar-refractivity contribution is 7.99. The lowest BCUT2D eigenvalue weighted by molar-refractivity contribution is -0.118. The molecule has 1 fully saturated rings. The maximum atomic E-state index is 12.4. The molecule has 1 aliphatic heterocycles. The van der Waals surface area contributed by atoms with Crippen LogP contribution in [0.25, 0.3) is 0 Å². The molecule has 156 valence electrons. The standard InChI is InChI=1S/C23H30N2O3S/c1-18-4-3-5-19(14-18)16-29-17-23(26)24-15-22(25-10-12-28-13-11-25)20-6-8-21(27-2)9-7-20/h3-9,14,22H,10-13,15-17H2,1-2H3,(H,24,26). The molecule has 1 aliphatic rings. The monoisotopic (exact) mass is 414 g/mol. The van der Waals surface area contributed by atoms with Gasteiger partial charge in [0.15, 0.2) is 0 Å². The summed E-state index contributed by atoms with van der Waals surface area (Å²) in [4.78, 5) is 14.8. The van der Waals surface area contributed by atoms with Gasteiger partial charge < -0.3 is 14.8 Å². The lowest BCUT2D eigenvalue weighted by Gasteiger charge is -2.35. The Kier molecular flexibility index (Phi) is 8.40. The van der Waals surface area contributed by atoms with Crippen LogP contribution in [0.1, 0.15) is 22.7 Å². The summed E-state index contributed by atoms with van der Waals surface area (Å²) in [7, 11) is 1.67. The highest BCUT2D eigenvalue weighted by Gasteiger charge is 2.23. The first-order chi connectivity index (χ1) is 14.2. The Morgan fingerprint density at radius 3 is 2.66 bits per heavy atom.